The van der Waals surface area contributed by atoms with Gasteiger partial charge in [0.05, 0.1) is 13.7 Å². The summed E-state index contributed by atoms with van der Waals surface area (Å²) in [6.07, 6.45) is 6.32. The van der Waals surface area contributed by atoms with Crippen molar-refractivity contribution in [2.45, 2.75) is 52.0 Å². The van der Waals surface area contributed by atoms with Crippen molar-refractivity contribution in [2.75, 3.05) is 6.61 Å². The molecule has 0 aliphatic carbocycles. The molecule has 2 rings (SSSR count). The number of rotatable bonds is 4. The lowest BCUT2D eigenvalue weighted by atomic mass is 10.0. The van der Waals surface area contributed by atoms with Crippen LogP contribution in [0.1, 0.15) is 61.8 Å². The summed E-state index contributed by atoms with van der Waals surface area (Å²) in [5, 5.41) is 0. The Labute approximate surface area is 119 Å². The summed E-state index contributed by atoms with van der Waals surface area (Å²) in [7, 11) is 1.88. The van der Waals surface area contributed by atoms with Gasteiger partial charge in [-0.15, -0.1) is 0 Å². The van der Waals surface area contributed by atoms with E-state index in [-0.39, 0.29) is 17.2 Å². The van der Waals surface area contributed by atoms with Crippen molar-refractivity contribution in [3.05, 3.63) is 27.9 Å². The van der Waals surface area contributed by atoms with Gasteiger partial charge in [-0.1, -0.05) is 13.3 Å². The average Bonchev–Trinajstić information content (AvgIpc) is 2.42. The zero-order valence-electron chi connectivity index (χ0n) is 12.5. The number of ether oxygens (including phenoxy) is 1. The Morgan fingerprint density at radius 1 is 1.55 bits per heavy atom. The molecule has 0 N–H and O–H groups in total. The molecule has 5 heteroatoms. The first-order valence-corrected chi connectivity index (χ1v) is 7.37. The van der Waals surface area contributed by atoms with E-state index in [0.29, 0.717) is 6.61 Å². The number of nitrogens with zero attached hydrogens (tertiary/aromatic N) is 2. The van der Waals surface area contributed by atoms with Crippen molar-refractivity contribution in [1.82, 2.24) is 4.57 Å². The van der Waals surface area contributed by atoms with Crippen LogP contribution in [0, 0.1) is 0 Å². The van der Waals surface area contributed by atoms with E-state index >= 15 is 0 Å². The van der Waals surface area contributed by atoms with Gasteiger partial charge in [0.25, 0.3) is 5.82 Å². The van der Waals surface area contributed by atoms with Crippen LogP contribution in [0.25, 0.3) is 0 Å². The number of hydrogen-bond donors (Lipinski definition) is 0. The third kappa shape index (κ3) is 2.76. The van der Waals surface area contributed by atoms with Crippen molar-refractivity contribution >= 4 is 5.97 Å². The van der Waals surface area contributed by atoms with Gasteiger partial charge < -0.3 is 4.74 Å². The van der Waals surface area contributed by atoms with Crippen LogP contribution < -0.4 is 10.1 Å². The van der Waals surface area contributed by atoms with Crippen LogP contribution in [0.2, 0.25) is 0 Å². The van der Waals surface area contributed by atoms with E-state index in [1.54, 1.807) is 10.8 Å². The summed E-state index contributed by atoms with van der Waals surface area (Å²) in [5.74, 6) is 0.478. The third-order valence-corrected chi connectivity index (χ3v) is 3.87. The minimum Gasteiger partial charge on any atom is -0.462 e. The van der Waals surface area contributed by atoms with E-state index in [9.17, 15) is 9.59 Å². The van der Waals surface area contributed by atoms with Gasteiger partial charge in [-0.2, -0.15) is 4.57 Å². The van der Waals surface area contributed by atoms with Crippen LogP contribution in [0.15, 0.2) is 11.0 Å². The quantitative estimate of drug-likeness (QED) is 0.477. The molecule has 5 nitrogen and oxygen atoms in total. The highest BCUT2D eigenvalue weighted by Gasteiger charge is 2.30. The van der Waals surface area contributed by atoms with E-state index in [2.05, 4.69) is 0 Å². The maximum atomic E-state index is 12.5. The third-order valence-electron chi connectivity index (χ3n) is 3.87. The molecule has 2 heterocycles. The average molecular weight is 279 g/mol. The SMILES string of the molecule is CCCCOC(=O)c1c[n+](C)c2n(c1=O)C(C)CCC2. The van der Waals surface area contributed by atoms with Gasteiger partial charge in [-0.25, -0.2) is 14.2 Å². The van der Waals surface area contributed by atoms with Crippen molar-refractivity contribution < 1.29 is 14.1 Å². The zero-order valence-corrected chi connectivity index (χ0v) is 12.5. The summed E-state index contributed by atoms with van der Waals surface area (Å²) in [6.45, 7) is 4.43. The number of aromatic nitrogens is 2. The number of hydrogen-bond acceptors (Lipinski definition) is 3. The molecule has 0 spiro atoms. The van der Waals surface area contributed by atoms with E-state index in [1.165, 1.54) is 0 Å². The second-order valence-electron chi connectivity index (χ2n) is 5.48. The second-order valence-corrected chi connectivity index (χ2v) is 5.48. The Hall–Kier alpha value is -1.65. The molecule has 1 atom stereocenters. The number of unbranched alkanes of at least 4 members (excludes halogenated alkanes) is 1. The first-order valence-electron chi connectivity index (χ1n) is 7.37. The molecular weight excluding hydrogens is 256 g/mol. The summed E-state index contributed by atoms with van der Waals surface area (Å²) >= 11 is 0. The summed E-state index contributed by atoms with van der Waals surface area (Å²) in [4.78, 5) is 24.5. The molecule has 0 saturated heterocycles. The Balaban J connectivity index is 2.36. The van der Waals surface area contributed by atoms with Crippen molar-refractivity contribution in [3.63, 3.8) is 0 Å². The first kappa shape index (κ1) is 14.8. The molecule has 110 valence electrons. The fourth-order valence-corrected chi connectivity index (χ4v) is 2.70. The van der Waals surface area contributed by atoms with Crippen molar-refractivity contribution in [1.29, 1.82) is 0 Å². The Kier molecular flexibility index (Phi) is 4.57. The lowest BCUT2D eigenvalue weighted by Gasteiger charge is -2.20. The molecular formula is C15H23N2O3+. The van der Waals surface area contributed by atoms with Crippen LogP contribution in [0.5, 0.6) is 0 Å². The molecule has 1 aromatic heterocycles. The summed E-state index contributed by atoms with van der Waals surface area (Å²) < 4.78 is 8.80. The van der Waals surface area contributed by atoms with Crippen LogP contribution in [0.4, 0.5) is 0 Å². The lowest BCUT2D eigenvalue weighted by Crippen LogP contribution is -2.48. The predicted molar refractivity (Wildman–Crippen MR) is 74.7 cm³/mol. The highest BCUT2D eigenvalue weighted by molar-refractivity contribution is 5.88. The molecule has 0 saturated carbocycles. The molecule has 1 aliphatic heterocycles. The molecule has 0 aromatic carbocycles. The summed E-state index contributed by atoms with van der Waals surface area (Å²) in [6, 6.07) is 0.140. The first-order chi connectivity index (χ1) is 9.56. The standard InChI is InChI=1S/C15H23N2O3/c1-4-5-9-20-15(19)12-10-16(3)13-8-6-7-11(2)17(13)14(12)18/h10-11H,4-9H2,1-3H3/q+1. The largest absolute Gasteiger partial charge is 0.462 e. The van der Waals surface area contributed by atoms with E-state index < -0.39 is 5.97 Å². The molecule has 0 fully saturated rings. The topological polar surface area (TPSA) is 52.2 Å². The van der Waals surface area contributed by atoms with Gasteiger partial charge in [0.2, 0.25) is 0 Å². The molecule has 1 aliphatic rings. The van der Waals surface area contributed by atoms with Gasteiger partial charge in [0, 0.05) is 6.42 Å². The maximum Gasteiger partial charge on any atom is 0.352 e. The van der Waals surface area contributed by atoms with E-state index in [1.807, 2.05) is 25.5 Å². The molecule has 0 radical (unpaired) electrons. The summed E-state index contributed by atoms with van der Waals surface area (Å²) in [5.41, 5.74) is -0.0760. The lowest BCUT2D eigenvalue weighted by molar-refractivity contribution is -0.685. The smallest absolute Gasteiger partial charge is 0.352 e. The van der Waals surface area contributed by atoms with Crippen LogP contribution in [0.3, 0.4) is 0 Å². The molecule has 1 unspecified atom stereocenters. The maximum absolute atomic E-state index is 12.5. The fourth-order valence-electron chi connectivity index (χ4n) is 2.70. The Morgan fingerprint density at radius 3 is 3.00 bits per heavy atom. The highest BCUT2D eigenvalue weighted by atomic mass is 16.5. The molecule has 20 heavy (non-hydrogen) atoms. The Morgan fingerprint density at radius 2 is 2.30 bits per heavy atom. The normalized spacial score (nSPS) is 17.6. The fraction of sp³-hybridized carbons (Fsp3) is 0.667. The second kappa shape index (κ2) is 6.20. The van der Waals surface area contributed by atoms with Gasteiger partial charge in [0.15, 0.2) is 5.56 Å². The van der Waals surface area contributed by atoms with Gasteiger partial charge in [0.1, 0.15) is 12.2 Å². The number of fused-ring (bicyclic) bond motifs is 1. The number of aryl methyl sites for hydroxylation is 1. The molecule has 0 amide bonds. The van der Waals surface area contributed by atoms with Crippen molar-refractivity contribution in [2.24, 2.45) is 7.05 Å². The van der Waals surface area contributed by atoms with Gasteiger partial charge in [-0.05, 0) is 26.2 Å². The van der Waals surface area contributed by atoms with E-state index in [4.69, 9.17) is 4.74 Å². The van der Waals surface area contributed by atoms with Crippen LogP contribution in [-0.4, -0.2) is 17.1 Å². The van der Waals surface area contributed by atoms with E-state index in [0.717, 1.165) is 37.9 Å². The van der Waals surface area contributed by atoms with Gasteiger partial charge in [-0.3, -0.25) is 0 Å². The monoisotopic (exact) mass is 279 g/mol. The predicted octanol–water partition coefficient (Wildman–Crippen LogP) is 1.53. The van der Waals surface area contributed by atoms with Crippen molar-refractivity contribution in [3.8, 4) is 0 Å². The minimum absolute atomic E-state index is 0.140. The molecule has 1 aromatic rings. The highest BCUT2D eigenvalue weighted by Crippen LogP contribution is 2.19. The minimum atomic E-state index is -0.507. The van der Waals surface area contributed by atoms with Crippen LogP contribution >= 0.6 is 0 Å². The van der Waals surface area contributed by atoms with Crippen LogP contribution in [-0.2, 0) is 18.2 Å². The van der Waals surface area contributed by atoms with Gasteiger partial charge >= 0.3 is 11.5 Å². The Bertz CT molecular complexity index is 563. The molecule has 0 bridgehead atoms. The number of esters is 1. The zero-order chi connectivity index (χ0) is 14.7. The number of carbonyl (C=O) groups excluding carboxylic acids is 1. The number of carbonyl (C=O) groups is 1.